The monoisotopic (exact) mass is 399 g/mol. The van der Waals surface area contributed by atoms with E-state index in [4.69, 9.17) is 0 Å². The van der Waals surface area contributed by atoms with Gasteiger partial charge in [-0.2, -0.15) is 0 Å². The fourth-order valence-corrected chi connectivity index (χ4v) is 4.57. The predicted molar refractivity (Wildman–Crippen MR) is 125 cm³/mol. The number of carbonyl (C=O) groups excluding carboxylic acids is 1. The molecule has 1 saturated carbocycles. The normalized spacial score (nSPS) is 19.1. The molecule has 0 saturated heterocycles. The Labute approximate surface area is 180 Å². The Morgan fingerprint density at radius 3 is 2.03 bits per heavy atom. The van der Waals surface area contributed by atoms with Gasteiger partial charge in [-0.1, -0.05) is 114 Å². The molecule has 1 fully saturated rings. The van der Waals surface area contributed by atoms with Crippen molar-refractivity contribution in [2.75, 3.05) is 0 Å². The Morgan fingerprint density at radius 2 is 1.41 bits per heavy atom. The van der Waals surface area contributed by atoms with Gasteiger partial charge in [0.05, 0.1) is 6.04 Å². The van der Waals surface area contributed by atoms with Crippen LogP contribution in [0.15, 0.2) is 30.3 Å². The van der Waals surface area contributed by atoms with Crippen LogP contribution in [-0.2, 0) is 4.79 Å². The van der Waals surface area contributed by atoms with Gasteiger partial charge in [0.2, 0.25) is 5.91 Å². The maximum absolute atomic E-state index is 12.1. The molecule has 0 spiro atoms. The first-order chi connectivity index (χ1) is 14.2. The van der Waals surface area contributed by atoms with E-state index in [1.807, 2.05) is 18.2 Å². The summed E-state index contributed by atoms with van der Waals surface area (Å²) in [5, 5.41) is 3.12. The minimum atomic E-state index is 0.103. The van der Waals surface area contributed by atoms with Crippen molar-refractivity contribution in [1.82, 2.24) is 5.32 Å². The molecular formula is C27H45NO. The molecule has 0 aliphatic heterocycles. The Bertz CT molecular complexity index is 541. The van der Waals surface area contributed by atoms with Crippen LogP contribution in [0.4, 0.5) is 0 Å². The molecule has 1 aromatic carbocycles. The Morgan fingerprint density at radius 1 is 0.862 bits per heavy atom. The SMILES string of the molecule is CCCCCCCC[C@H]1C[C@H]1CCCCCCCC(=O)NC(C)c1ccccc1. The van der Waals surface area contributed by atoms with E-state index in [1.165, 1.54) is 89.0 Å². The van der Waals surface area contributed by atoms with Crippen LogP contribution in [0, 0.1) is 11.8 Å². The molecular weight excluding hydrogens is 354 g/mol. The number of hydrogen-bond donors (Lipinski definition) is 1. The maximum atomic E-state index is 12.1. The first-order valence-corrected chi connectivity index (χ1v) is 12.5. The predicted octanol–water partition coefficient (Wildman–Crippen LogP) is 7.98. The van der Waals surface area contributed by atoms with Gasteiger partial charge in [-0.15, -0.1) is 0 Å². The fourth-order valence-electron chi connectivity index (χ4n) is 4.57. The summed E-state index contributed by atoms with van der Waals surface area (Å²) < 4.78 is 0. The van der Waals surface area contributed by atoms with Crippen molar-refractivity contribution in [2.24, 2.45) is 11.8 Å². The highest BCUT2D eigenvalue weighted by Gasteiger charge is 2.34. The average Bonchev–Trinajstić information content (AvgIpc) is 3.48. The van der Waals surface area contributed by atoms with Crippen molar-refractivity contribution in [3.63, 3.8) is 0 Å². The number of amides is 1. The number of benzene rings is 1. The first kappa shape index (κ1) is 24.0. The molecule has 3 atom stereocenters. The van der Waals surface area contributed by atoms with Crippen LogP contribution in [0.2, 0.25) is 0 Å². The van der Waals surface area contributed by atoms with Crippen molar-refractivity contribution < 1.29 is 4.79 Å². The van der Waals surface area contributed by atoms with Gasteiger partial charge in [0.1, 0.15) is 0 Å². The molecule has 1 aliphatic carbocycles. The first-order valence-electron chi connectivity index (χ1n) is 12.5. The lowest BCUT2D eigenvalue weighted by molar-refractivity contribution is -0.121. The third-order valence-corrected chi connectivity index (χ3v) is 6.65. The van der Waals surface area contributed by atoms with Crippen LogP contribution in [0.25, 0.3) is 0 Å². The Balaban J connectivity index is 1.36. The number of carbonyl (C=O) groups is 1. The highest BCUT2D eigenvalue weighted by molar-refractivity contribution is 5.76. The average molecular weight is 400 g/mol. The third kappa shape index (κ3) is 10.9. The van der Waals surface area contributed by atoms with E-state index in [-0.39, 0.29) is 11.9 Å². The number of hydrogen-bond acceptors (Lipinski definition) is 1. The van der Waals surface area contributed by atoms with E-state index in [2.05, 4.69) is 31.3 Å². The standard InChI is InChI=1S/C27H45NO/c1-3-4-5-6-8-12-19-25-22-26(25)20-13-9-7-10-16-21-27(29)28-23(2)24-17-14-11-15-18-24/h11,14-15,17-18,23,25-26H,3-10,12-13,16,19-22H2,1-2H3,(H,28,29)/t23?,25-,26+/m0/s1. The smallest absolute Gasteiger partial charge is 0.220 e. The summed E-state index contributed by atoms with van der Waals surface area (Å²) in [5.41, 5.74) is 1.18. The lowest BCUT2D eigenvalue weighted by atomic mass is 10.0. The van der Waals surface area contributed by atoms with E-state index in [9.17, 15) is 4.79 Å². The molecule has 164 valence electrons. The molecule has 0 radical (unpaired) electrons. The molecule has 0 heterocycles. The van der Waals surface area contributed by atoms with Crippen molar-refractivity contribution in [1.29, 1.82) is 0 Å². The van der Waals surface area contributed by atoms with Gasteiger partial charge in [0.25, 0.3) is 0 Å². The van der Waals surface area contributed by atoms with Crippen LogP contribution in [-0.4, -0.2) is 5.91 Å². The van der Waals surface area contributed by atoms with Crippen LogP contribution >= 0.6 is 0 Å². The third-order valence-electron chi connectivity index (χ3n) is 6.65. The summed E-state index contributed by atoms with van der Waals surface area (Å²) in [6.07, 6.45) is 20.0. The summed E-state index contributed by atoms with van der Waals surface area (Å²) in [4.78, 5) is 12.1. The van der Waals surface area contributed by atoms with E-state index < -0.39 is 0 Å². The zero-order valence-electron chi connectivity index (χ0n) is 19.1. The summed E-state index contributed by atoms with van der Waals surface area (Å²) >= 11 is 0. The van der Waals surface area contributed by atoms with Gasteiger partial charge >= 0.3 is 0 Å². The quantitative estimate of drug-likeness (QED) is 0.264. The van der Waals surface area contributed by atoms with Gasteiger partial charge in [-0.25, -0.2) is 0 Å². The number of rotatable bonds is 17. The van der Waals surface area contributed by atoms with Crippen molar-refractivity contribution in [3.05, 3.63) is 35.9 Å². The van der Waals surface area contributed by atoms with Crippen molar-refractivity contribution in [3.8, 4) is 0 Å². The molecule has 29 heavy (non-hydrogen) atoms. The molecule has 0 bridgehead atoms. The second-order valence-corrected chi connectivity index (χ2v) is 9.32. The van der Waals surface area contributed by atoms with E-state index in [0.717, 1.165) is 18.3 Å². The molecule has 1 N–H and O–H groups in total. The Hall–Kier alpha value is -1.31. The van der Waals surface area contributed by atoms with E-state index in [1.54, 1.807) is 0 Å². The van der Waals surface area contributed by atoms with Gasteiger partial charge in [-0.3, -0.25) is 4.79 Å². The molecule has 2 rings (SSSR count). The summed E-state index contributed by atoms with van der Waals surface area (Å²) in [7, 11) is 0. The number of unbranched alkanes of at least 4 members (excludes halogenated alkanes) is 9. The van der Waals surface area contributed by atoms with Crippen LogP contribution in [0.5, 0.6) is 0 Å². The van der Waals surface area contributed by atoms with Gasteiger partial charge in [0.15, 0.2) is 0 Å². The molecule has 1 aromatic rings. The second-order valence-electron chi connectivity index (χ2n) is 9.32. The number of nitrogens with one attached hydrogen (secondary N) is 1. The van der Waals surface area contributed by atoms with E-state index >= 15 is 0 Å². The van der Waals surface area contributed by atoms with E-state index in [0.29, 0.717) is 6.42 Å². The molecule has 1 aliphatic rings. The minimum Gasteiger partial charge on any atom is -0.350 e. The summed E-state index contributed by atoms with van der Waals surface area (Å²) in [6.45, 7) is 4.35. The zero-order chi connectivity index (χ0) is 20.7. The second kappa shape index (κ2) is 14.6. The largest absolute Gasteiger partial charge is 0.350 e. The summed E-state index contributed by atoms with van der Waals surface area (Å²) in [6, 6.07) is 10.3. The fraction of sp³-hybridized carbons (Fsp3) is 0.741. The molecule has 0 aromatic heterocycles. The topological polar surface area (TPSA) is 29.1 Å². The lowest BCUT2D eigenvalue weighted by Gasteiger charge is -2.14. The molecule has 1 amide bonds. The highest BCUT2D eigenvalue weighted by atomic mass is 16.1. The van der Waals surface area contributed by atoms with Gasteiger partial charge in [0, 0.05) is 6.42 Å². The van der Waals surface area contributed by atoms with Crippen LogP contribution < -0.4 is 5.32 Å². The highest BCUT2D eigenvalue weighted by Crippen LogP contribution is 2.45. The Kier molecular flexibility index (Phi) is 12.1. The molecule has 2 nitrogen and oxygen atoms in total. The van der Waals surface area contributed by atoms with Gasteiger partial charge in [-0.05, 0) is 37.2 Å². The van der Waals surface area contributed by atoms with Gasteiger partial charge < -0.3 is 5.32 Å². The van der Waals surface area contributed by atoms with Crippen molar-refractivity contribution >= 4 is 5.91 Å². The minimum absolute atomic E-state index is 0.103. The molecule has 1 unspecified atom stereocenters. The van der Waals surface area contributed by atoms with Crippen molar-refractivity contribution in [2.45, 2.75) is 116 Å². The summed E-state index contributed by atoms with van der Waals surface area (Å²) in [5.74, 6) is 2.31. The zero-order valence-corrected chi connectivity index (χ0v) is 19.1. The van der Waals surface area contributed by atoms with Crippen LogP contribution in [0.1, 0.15) is 122 Å². The van der Waals surface area contributed by atoms with Crippen LogP contribution in [0.3, 0.4) is 0 Å². The molecule has 2 heteroatoms. The lowest BCUT2D eigenvalue weighted by Crippen LogP contribution is -2.26. The maximum Gasteiger partial charge on any atom is 0.220 e.